The van der Waals surface area contributed by atoms with Gasteiger partial charge in [-0.2, -0.15) is 0 Å². The van der Waals surface area contributed by atoms with Gasteiger partial charge in [-0.25, -0.2) is 0 Å². The monoisotopic (exact) mass is 260 g/mol. The quantitative estimate of drug-likeness (QED) is 0.745. The summed E-state index contributed by atoms with van der Waals surface area (Å²) in [5.74, 6) is 0. The van der Waals surface area contributed by atoms with E-state index in [2.05, 4.69) is 28.0 Å². The first kappa shape index (κ1) is 17.4. The van der Waals surface area contributed by atoms with Crippen LogP contribution in [0, 0.1) is 0 Å². The van der Waals surface area contributed by atoms with Crippen LogP contribution in [-0.2, 0) is 20.9 Å². The number of hydrogen-bond donors (Lipinski definition) is 1. The van der Waals surface area contributed by atoms with E-state index in [4.69, 9.17) is 13.9 Å². The summed E-state index contributed by atoms with van der Waals surface area (Å²) in [6, 6.07) is 0. The van der Waals surface area contributed by atoms with Gasteiger partial charge in [-0.05, 0) is 31.8 Å². The fourth-order valence-corrected chi connectivity index (χ4v) is 2.34. The predicted molar refractivity (Wildman–Crippen MR) is 69.2 cm³/mol. The van der Waals surface area contributed by atoms with Crippen molar-refractivity contribution in [3.63, 3.8) is 0 Å². The minimum absolute atomic E-state index is 0.397. The Morgan fingerprint density at radius 1 is 1.21 bits per heavy atom. The van der Waals surface area contributed by atoms with Gasteiger partial charge in [0.05, 0.1) is 13.2 Å². The Morgan fingerprint density at radius 3 is 1.79 bits per heavy atom. The predicted octanol–water partition coefficient (Wildman–Crippen LogP) is 2.94. The average molecular weight is 260 g/mol. The topological polar surface area (TPSA) is 38.7 Å². The lowest BCUT2D eigenvalue weighted by molar-refractivity contribution is 0.212. The third-order valence-corrected chi connectivity index (χ3v) is 3.35. The van der Waals surface area contributed by atoms with E-state index in [1.54, 1.807) is 13.8 Å². The molecule has 3 nitrogen and oxygen atoms in total. The second-order valence-corrected chi connectivity index (χ2v) is 5.86. The molecule has 0 saturated carbocycles. The molecule has 0 amide bonds. The first-order chi connectivity index (χ1) is 6.54. The van der Waals surface area contributed by atoms with Gasteiger partial charge in [0, 0.05) is 0 Å². The maximum Gasteiger partial charge on any atom is 0.324 e. The van der Waals surface area contributed by atoms with Crippen molar-refractivity contribution >= 4 is 27.8 Å². The lowest BCUT2D eigenvalue weighted by atomic mass is 10.4. The van der Waals surface area contributed by atoms with Crippen LogP contribution in [0.5, 0.6) is 0 Å². The minimum atomic E-state index is -2.86. The second kappa shape index (κ2) is 12.0. The molecule has 14 heavy (non-hydrogen) atoms. The van der Waals surface area contributed by atoms with Gasteiger partial charge in [-0.1, -0.05) is 19.8 Å². The fraction of sp³-hybridized carbons (Fsp3) is 1.00. The van der Waals surface area contributed by atoms with Crippen LogP contribution < -0.4 is 0 Å². The highest BCUT2D eigenvalue weighted by molar-refractivity contribution is 8.07. The number of unbranched alkanes of at least 4 members (excludes halogenated alkanes) is 1. The maximum absolute atomic E-state index is 9.00. The summed E-state index contributed by atoms with van der Waals surface area (Å²) in [5.41, 5.74) is 0. The molecule has 0 heterocycles. The summed E-state index contributed by atoms with van der Waals surface area (Å²) >= 11 is 4.56. The lowest BCUT2D eigenvalue weighted by Gasteiger charge is -2.12. The SMILES string of the molecule is CCCCP.CCOP(O)(=S)OCC. The van der Waals surface area contributed by atoms with Crippen LogP contribution in [0.1, 0.15) is 33.6 Å². The molecule has 0 spiro atoms. The summed E-state index contributed by atoms with van der Waals surface area (Å²) in [4.78, 5) is 9.00. The Labute approximate surface area is 95.0 Å². The van der Waals surface area contributed by atoms with E-state index in [1.165, 1.54) is 19.0 Å². The number of rotatable bonds is 6. The molecule has 88 valence electrons. The largest absolute Gasteiger partial charge is 0.324 e. The average Bonchev–Trinajstić information content (AvgIpc) is 2.06. The van der Waals surface area contributed by atoms with Crippen LogP contribution in [-0.4, -0.2) is 24.3 Å². The van der Waals surface area contributed by atoms with E-state index in [-0.39, 0.29) is 0 Å². The van der Waals surface area contributed by atoms with Crippen molar-refractivity contribution in [1.29, 1.82) is 0 Å². The minimum Gasteiger partial charge on any atom is -0.324 e. The zero-order valence-electron chi connectivity index (χ0n) is 9.23. The highest BCUT2D eigenvalue weighted by atomic mass is 32.5. The maximum atomic E-state index is 9.00. The van der Waals surface area contributed by atoms with E-state index in [9.17, 15) is 0 Å². The molecule has 0 rings (SSSR count). The van der Waals surface area contributed by atoms with Crippen LogP contribution >= 0.6 is 16.0 Å². The zero-order valence-corrected chi connectivity index (χ0v) is 12.1. The summed E-state index contributed by atoms with van der Waals surface area (Å²) < 4.78 is 9.46. The Balaban J connectivity index is 0. The van der Waals surface area contributed by atoms with Crippen molar-refractivity contribution in [2.45, 2.75) is 33.6 Å². The van der Waals surface area contributed by atoms with E-state index in [0.717, 1.165) is 0 Å². The standard InChI is InChI=1S/C4H11O3PS.C4H11P/c1-3-6-8(5,9)7-4-2;1-2-3-4-5/h3-4H2,1-2H3,(H,5,9);2-5H2,1H3. The summed E-state index contributed by atoms with van der Waals surface area (Å²) in [6.07, 6.45) is 3.94. The van der Waals surface area contributed by atoms with Crippen molar-refractivity contribution in [1.82, 2.24) is 0 Å². The molecule has 0 aromatic carbocycles. The second-order valence-electron chi connectivity index (χ2n) is 2.45. The van der Waals surface area contributed by atoms with Crippen LogP contribution in [0.4, 0.5) is 0 Å². The summed E-state index contributed by atoms with van der Waals surface area (Å²) in [7, 11) is 2.70. The first-order valence-electron chi connectivity index (χ1n) is 4.85. The van der Waals surface area contributed by atoms with Crippen molar-refractivity contribution in [3.8, 4) is 0 Å². The molecular weight excluding hydrogens is 238 g/mol. The van der Waals surface area contributed by atoms with Gasteiger partial charge in [0.2, 0.25) is 0 Å². The molecule has 1 atom stereocenters. The molecule has 0 fully saturated rings. The molecule has 0 saturated heterocycles. The van der Waals surface area contributed by atoms with Gasteiger partial charge >= 0.3 is 6.72 Å². The zero-order chi connectivity index (χ0) is 11.4. The molecule has 0 radical (unpaired) electrons. The van der Waals surface area contributed by atoms with Crippen LogP contribution in [0.3, 0.4) is 0 Å². The van der Waals surface area contributed by atoms with Crippen molar-refractivity contribution in [2.24, 2.45) is 0 Å². The van der Waals surface area contributed by atoms with Crippen molar-refractivity contribution in [2.75, 3.05) is 19.4 Å². The van der Waals surface area contributed by atoms with E-state index < -0.39 is 6.72 Å². The van der Waals surface area contributed by atoms with E-state index in [1.807, 2.05) is 0 Å². The van der Waals surface area contributed by atoms with Gasteiger partial charge in [-0.15, -0.1) is 9.24 Å². The molecule has 0 aromatic heterocycles. The molecular formula is C8H22O3P2S. The third kappa shape index (κ3) is 15.4. The molecule has 0 aliphatic rings. The molecule has 6 heteroatoms. The van der Waals surface area contributed by atoms with Gasteiger partial charge in [0.15, 0.2) is 0 Å². The van der Waals surface area contributed by atoms with Gasteiger partial charge in [0.25, 0.3) is 0 Å². The highest BCUT2D eigenvalue weighted by Crippen LogP contribution is 2.42. The third-order valence-electron chi connectivity index (χ3n) is 1.14. The van der Waals surface area contributed by atoms with Gasteiger partial charge in [0.1, 0.15) is 0 Å². The lowest BCUT2D eigenvalue weighted by Crippen LogP contribution is -1.92. The van der Waals surface area contributed by atoms with Crippen molar-refractivity contribution in [3.05, 3.63) is 0 Å². The molecule has 0 bridgehead atoms. The Bertz CT molecular complexity index is 144. The molecule has 1 unspecified atom stereocenters. The normalized spacial score (nSPS) is 10.6. The first-order valence-corrected chi connectivity index (χ1v) is 8.26. The fourth-order valence-electron chi connectivity index (χ4n) is 0.568. The Hall–Kier alpha value is 0.960. The van der Waals surface area contributed by atoms with Gasteiger partial charge < -0.3 is 13.9 Å². The molecule has 1 N–H and O–H groups in total. The van der Waals surface area contributed by atoms with Crippen LogP contribution in [0.25, 0.3) is 0 Å². The van der Waals surface area contributed by atoms with E-state index in [0.29, 0.717) is 13.2 Å². The van der Waals surface area contributed by atoms with Crippen molar-refractivity contribution < 1.29 is 13.9 Å². The molecule has 0 aliphatic carbocycles. The summed E-state index contributed by atoms with van der Waals surface area (Å²) in [6.45, 7) is 3.65. The summed E-state index contributed by atoms with van der Waals surface area (Å²) in [5, 5.41) is 0. The van der Waals surface area contributed by atoms with E-state index >= 15 is 0 Å². The molecule has 0 aliphatic heterocycles. The van der Waals surface area contributed by atoms with Gasteiger partial charge in [-0.3, -0.25) is 0 Å². The smallest absolute Gasteiger partial charge is 0.324 e. The number of hydrogen-bond acceptors (Lipinski definition) is 3. The van der Waals surface area contributed by atoms with Crippen LogP contribution in [0.2, 0.25) is 0 Å². The Morgan fingerprint density at radius 2 is 1.64 bits per heavy atom. The highest BCUT2D eigenvalue weighted by Gasteiger charge is 2.10. The Kier molecular flexibility index (Phi) is 14.9. The molecule has 0 aromatic rings. The van der Waals surface area contributed by atoms with Crippen LogP contribution in [0.15, 0.2) is 0 Å².